The van der Waals surface area contributed by atoms with Crippen LogP contribution < -0.4 is 0 Å². The minimum Gasteiger partial charge on any atom is -0.455 e. The van der Waals surface area contributed by atoms with E-state index in [1.54, 1.807) is 0 Å². The van der Waals surface area contributed by atoms with Crippen molar-refractivity contribution in [3.8, 4) is 33.4 Å². The number of hydrogen-bond donors (Lipinski definition) is 0. The molecule has 12 rings (SSSR count). The van der Waals surface area contributed by atoms with E-state index in [9.17, 15) is 0 Å². The van der Waals surface area contributed by atoms with Crippen molar-refractivity contribution in [3.05, 3.63) is 182 Å². The molecule has 0 bridgehead atoms. The van der Waals surface area contributed by atoms with Crippen molar-refractivity contribution in [2.75, 3.05) is 0 Å². The number of thiophene rings is 1. The molecular weight excluding hydrogens is 673 g/mol. The smallest absolute Gasteiger partial charge is 0.153 e. The summed E-state index contributed by atoms with van der Waals surface area (Å²) in [5.74, 6) is 0. The van der Waals surface area contributed by atoms with Crippen molar-refractivity contribution in [1.82, 2.24) is 0 Å². The van der Waals surface area contributed by atoms with Crippen molar-refractivity contribution in [2.45, 2.75) is 0 Å². The maximum Gasteiger partial charge on any atom is 0.153 e. The molecule has 0 atom stereocenters. The third-order valence-electron chi connectivity index (χ3n) is 11.5. The quantitative estimate of drug-likeness (QED) is 0.167. The van der Waals surface area contributed by atoms with Gasteiger partial charge in [-0.2, -0.15) is 0 Å². The Hall–Kier alpha value is -6.74. The molecule has 250 valence electrons. The van der Waals surface area contributed by atoms with Crippen LogP contribution in [0.3, 0.4) is 0 Å². The lowest BCUT2D eigenvalue weighted by atomic mass is 9.83. The van der Waals surface area contributed by atoms with Gasteiger partial charge in [-0.05, 0) is 94.7 Å². The fraction of sp³-hybridized carbons (Fsp3) is 0. The van der Waals surface area contributed by atoms with Gasteiger partial charge in [0.25, 0.3) is 0 Å². The van der Waals surface area contributed by atoms with Crippen LogP contribution in [0.25, 0.3) is 119 Å². The van der Waals surface area contributed by atoms with Crippen LogP contribution in [-0.2, 0) is 0 Å². The van der Waals surface area contributed by atoms with Crippen LogP contribution in [0, 0.1) is 0 Å². The van der Waals surface area contributed by atoms with Gasteiger partial charge in [0.05, 0.1) is 4.70 Å². The Morgan fingerprint density at radius 3 is 1.63 bits per heavy atom. The van der Waals surface area contributed by atoms with Gasteiger partial charge in [0.15, 0.2) is 5.58 Å². The summed E-state index contributed by atoms with van der Waals surface area (Å²) >= 11 is 1.83. The third kappa shape index (κ3) is 4.14. The average molecular weight is 703 g/mol. The van der Waals surface area contributed by atoms with Crippen LogP contribution in [0.15, 0.2) is 186 Å². The lowest BCUT2D eigenvalue weighted by Gasteiger charge is -2.20. The molecule has 12 aromatic rings. The zero-order valence-electron chi connectivity index (χ0n) is 29.1. The van der Waals surface area contributed by atoms with Crippen LogP contribution in [0.5, 0.6) is 0 Å². The van der Waals surface area contributed by atoms with Crippen LogP contribution in [0.4, 0.5) is 0 Å². The van der Waals surface area contributed by atoms with Gasteiger partial charge in [-0.3, -0.25) is 0 Å². The van der Waals surface area contributed by atoms with Crippen molar-refractivity contribution < 1.29 is 4.42 Å². The Bertz CT molecular complexity index is 3440. The summed E-state index contributed by atoms with van der Waals surface area (Å²) in [5, 5.41) is 14.8. The van der Waals surface area contributed by atoms with E-state index >= 15 is 0 Å². The predicted molar refractivity (Wildman–Crippen MR) is 233 cm³/mol. The molecule has 54 heavy (non-hydrogen) atoms. The fourth-order valence-electron chi connectivity index (χ4n) is 9.19. The van der Waals surface area contributed by atoms with Crippen LogP contribution in [-0.4, -0.2) is 0 Å². The number of benzene rings is 10. The lowest BCUT2D eigenvalue weighted by molar-refractivity contribution is 0.673. The monoisotopic (exact) mass is 702 g/mol. The summed E-state index contributed by atoms with van der Waals surface area (Å²) in [6.45, 7) is 0. The average Bonchev–Trinajstić information content (AvgIpc) is 3.82. The second-order valence-electron chi connectivity index (χ2n) is 14.3. The molecule has 1 nitrogen and oxygen atoms in total. The van der Waals surface area contributed by atoms with E-state index in [1.165, 1.54) is 102 Å². The second-order valence-corrected chi connectivity index (χ2v) is 15.3. The molecule has 0 aliphatic rings. The minimum absolute atomic E-state index is 0.928. The van der Waals surface area contributed by atoms with Crippen LogP contribution in [0.1, 0.15) is 0 Å². The molecule has 0 spiro atoms. The van der Waals surface area contributed by atoms with Crippen LogP contribution >= 0.6 is 11.3 Å². The Labute approximate surface area is 314 Å². The second kappa shape index (κ2) is 11.4. The van der Waals surface area contributed by atoms with E-state index in [2.05, 4.69) is 182 Å². The number of hydrogen-bond acceptors (Lipinski definition) is 2. The summed E-state index contributed by atoms with van der Waals surface area (Å²) in [6, 6.07) is 66.7. The predicted octanol–water partition coefficient (Wildman–Crippen LogP) is 15.6. The summed E-state index contributed by atoms with van der Waals surface area (Å²) < 4.78 is 9.26. The Morgan fingerprint density at radius 1 is 0.352 bits per heavy atom. The van der Waals surface area contributed by atoms with E-state index in [0.717, 1.165) is 16.6 Å². The highest BCUT2D eigenvalue weighted by molar-refractivity contribution is 7.26. The molecule has 2 heterocycles. The summed E-state index contributed by atoms with van der Waals surface area (Å²) in [6.07, 6.45) is 0. The Kier molecular flexibility index (Phi) is 6.28. The highest BCUT2D eigenvalue weighted by atomic mass is 32.1. The molecule has 0 radical (unpaired) electrons. The van der Waals surface area contributed by atoms with Gasteiger partial charge in [-0.1, -0.05) is 164 Å². The molecule has 0 unspecified atom stereocenters. The molecule has 0 N–H and O–H groups in total. The van der Waals surface area contributed by atoms with E-state index in [4.69, 9.17) is 4.42 Å². The van der Waals surface area contributed by atoms with Crippen molar-refractivity contribution >= 4 is 96.5 Å². The van der Waals surface area contributed by atoms with Crippen molar-refractivity contribution in [3.63, 3.8) is 0 Å². The Balaban J connectivity index is 1.20. The lowest BCUT2D eigenvalue weighted by Crippen LogP contribution is -1.92. The fourth-order valence-corrected chi connectivity index (χ4v) is 10.4. The highest BCUT2D eigenvalue weighted by Crippen LogP contribution is 2.51. The van der Waals surface area contributed by atoms with Gasteiger partial charge in [0.1, 0.15) is 5.58 Å². The highest BCUT2D eigenvalue weighted by Gasteiger charge is 2.23. The van der Waals surface area contributed by atoms with Crippen molar-refractivity contribution in [1.29, 1.82) is 0 Å². The van der Waals surface area contributed by atoms with Gasteiger partial charge < -0.3 is 4.42 Å². The molecular formula is C52H30OS. The number of fused-ring (bicyclic) bond motifs is 12. The van der Waals surface area contributed by atoms with Crippen LogP contribution in [0.2, 0.25) is 0 Å². The summed E-state index contributed by atoms with van der Waals surface area (Å²) in [5.41, 5.74) is 9.41. The first-order chi connectivity index (χ1) is 26.8. The van der Waals surface area contributed by atoms with Gasteiger partial charge in [0.2, 0.25) is 0 Å². The van der Waals surface area contributed by atoms with E-state index in [-0.39, 0.29) is 0 Å². The van der Waals surface area contributed by atoms with Gasteiger partial charge >= 0.3 is 0 Å². The first kappa shape index (κ1) is 29.8. The molecule has 0 saturated carbocycles. The van der Waals surface area contributed by atoms with E-state index in [1.807, 2.05) is 11.3 Å². The zero-order valence-corrected chi connectivity index (χ0v) is 30.0. The maximum atomic E-state index is 6.79. The van der Waals surface area contributed by atoms with Gasteiger partial charge in [-0.15, -0.1) is 11.3 Å². The Morgan fingerprint density at radius 2 is 0.907 bits per heavy atom. The molecule has 0 amide bonds. The summed E-state index contributed by atoms with van der Waals surface area (Å²) in [4.78, 5) is 0. The molecule has 0 aliphatic carbocycles. The normalized spacial score (nSPS) is 12.1. The molecule has 2 heteroatoms. The molecule has 0 aliphatic heterocycles. The maximum absolute atomic E-state index is 6.79. The van der Waals surface area contributed by atoms with E-state index < -0.39 is 0 Å². The molecule has 2 aromatic heterocycles. The largest absolute Gasteiger partial charge is 0.455 e. The number of furan rings is 1. The van der Waals surface area contributed by atoms with Gasteiger partial charge in [-0.25, -0.2) is 0 Å². The standard InChI is InChI=1S/C52H30OS/c1-2-15-32(16-3-1)47-37-20-8-10-22-39(37)48(40-23-11-9-21-38(40)47)41-28-27-36(34-18-6-7-19-35(34)41)43-30-44-49-33-17-5-4-14-31(33)26-29-45(49)53-51(44)52-50(43)42-24-12-13-25-46(42)54-52/h1-30H. The topological polar surface area (TPSA) is 13.1 Å². The SMILES string of the molecule is c1ccc(-c2c3ccccc3c(-c3ccc(-c4cc5c(oc6ccc7ccccc7c65)c5sc6ccccc6c45)c4ccccc34)c3ccccc23)cc1. The molecule has 10 aromatic carbocycles. The zero-order chi connectivity index (χ0) is 35.3. The first-order valence-electron chi connectivity index (χ1n) is 18.5. The molecule has 0 fully saturated rings. The number of rotatable bonds is 3. The summed E-state index contributed by atoms with van der Waals surface area (Å²) in [7, 11) is 0. The molecule has 0 saturated heterocycles. The van der Waals surface area contributed by atoms with Gasteiger partial charge in [0, 0.05) is 26.2 Å². The minimum atomic E-state index is 0.928. The van der Waals surface area contributed by atoms with Crippen molar-refractivity contribution in [2.24, 2.45) is 0 Å². The third-order valence-corrected chi connectivity index (χ3v) is 12.6. The van der Waals surface area contributed by atoms with E-state index in [0.29, 0.717) is 0 Å². The first-order valence-corrected chi connectivity index (χ1v) is 19.3.